The van der Waals surface area contributed by atoms with E-state index in [4.69, 9.17) is 23.2 Å². The Morgan fingerprint density at radius 3 is 2.61 bits per heavy atom. The molecule has 0 saturated heterocycles. The van der Waals surface area contributed by atoms with E-state index in [0.29, 0.717) is 28.2 Å². The van der Waals surface area contributed by atoms with Crippen LogP contribution in [0, 0.1) is 5.92 Å². The summed E-state index contributed by atoms with van der Waals surface area (Å²) in [7, 11) is 1.88. The molecule has 0 saturated carbocycles. The molecule has 1 unspecified atom stereocenters. The van der Waals surface area contributed by atoms with Crippen molar-refractivity contribution in [3.05, 3.63) is 28.2 Å². The van der Waals surface area contributed by atoms with Gasteiger partial charge in [0.2, 0.25) is 0 Å². The van der Waals surface area contributed by atoms with E-state index in [-0.39, 0.29) is 6.03 Å². The molecule has 1 rings (SSSR count). The van der Waals surface area contributed by atoms with Crippen molar-refractivity contribution in [3.63, 3.8) is 0 Å². The molecular formula is C12H17Cl2N3O. The van der Waals surface area contributed by atoms with Gasteiger partial charge in [-0.15, -0.1) is 0 Å². The fourth-order valence-electron chi connectivity index (χ4n) is 1.44. The summed E-state index contributed by atoms with van der Waals surface area (Å²) in [6, 6.07) is 4.70. The summed E-state index contributed by atoms with van der Waals surface area (Å²) in [6.07, 6.45) is 0. The summed E-state index contributed by atoms with van der Waals surface area (Å²) in [5, 5.41) is 9.41. The SMILES string of the molecule is CNCC(C)CNC(=O)Nc1ccc(Cl)c(Cl)c1. The third kappa shape index (κ3) is 5.12. The van der Waals surface area contributed by atoms with Gasteiger partial charge in [0.25, 0.3) is 0 Å². The minimum atomic E-state index is -0.253. The number of carbonyl (C=O) groups excluding carboxylic acids is 1. The maximum absolute atomic E-state index is 11.6. The quantitative estimate of drug-likeness (QED) is 0.781. The maximum atomic E-state index is 11.6. The number of urea groups is 1. The predicted octanol–water partition coefficient (Wildman–Crippen LogP) is 2.97. The lowest BCUT2D eigenvalue weighted by Gasteiger charge is -2.13. The molecule has 0 bridgehead atoms. The van der Waals surface area contributed by atoms with Crippen molar-refractivity contribution in [1.29, 1.82) is 0 Å². The second-order valence-electron chi connectivity index (χ2n) is 4.13. The molecule has 0 radical (unpaired) electrons. The summed E-state index contributed by atoms with van der Waals surface area (Å²) in [6.45, 7) is 3.51. The van der Waals surface area contributed by atoms with Crippen LogP contribution in [0.3, 0.4) is 0 Å². The molecule has 0 heterocycles. The van der Waals surface area contributed by atoms with Crippen LogP contribution in [0.2, 0.25) is 10.0 Å². The number of carbonyl (C=O) groups is 1. The summed E-state index contributed by atoms with van der Waals surface area (Å²) in [5.74, 6) is 0.370. The van der Waals surface area contributed by atoms with Crippen LogP contribution < -0.4 is 16.0 Å². The van der Waals surface area contributed by atoms with Gasteiger partial charge in [-0.05, 0) is 37.7 Å². The largest absolute Gasteiger partial charge is 0.338 e. The molecule has 0 aliphatic rings. The Morgan fingerprint density at radius 2 is 2.00 bits per heavy atom. The first-order valence-electron chi connectivity index (χ1n) is 5.67. The number of amides is 2. The van der Waals surface area contributed by atoms with Crippen LogP contribution in [0.15, 0.2) is 18.2 Å². The van der Waals surface area contributed by atoms with Gasteiger partial charge >= 0.3 is 6.03 Å². The Morgan fingerprint density at radius 1 is 1.28 bits per heavy atom. The molecule has 2 amide bonds. The zero-order valence-electron chi connectivity index (χ0n) is 10.4. The van der Waals surface area contributed by atoms with Gasteiger partial charge in [-0.1, -0.05) is 30.1 Å². The van der Waals surface area contributed by atoms with Crippen LogP contribution >= 0.6 is 23.2 Å². The molecule has 6 heteroatoms. The van der Waals surface area contributed by atoms with E-state index in [9.17, 15) is 4.79 Å². The Kier molecular flexibility index (Phi) is 6.25. The highest BCUT2D eigenvalue weighted by atomic mass is 35.5. The van der Waals surface area contributed by atoms with E-state index in [1.165, 1.54) is 0 Å². The third-order valence-corrected chi connectivity index (χ3v) is 3.08. The average Bonchev–Trinajstić information content (AvgIpc) is 2.32. The summed E-state index contributed by atoms with van der Waals surface area (Å²) in [4.78, 5) is 11.6. The highest BCUT2D eigenvalue weighted by molar-refractivity contribution is 6.42. The minimum absolute atomic E-state index is 0.253. The highest BCUT2D eigenvalue weighted by Gasteiger charge is 2.06. The third-order valence-electron chi connectivity index (χ3n) is 2.34. The van der Waals surface area contributed by atoms with E-state index in [0.717, 1.165) is 6.54 Å². The number of rotatable bonds is 5. The first-order valence-corrected chi connectivity index (χ1v) is 6.43. The van der Waals surface area contributed by atoms with Crippen LogP contribution in [0.4, 0.5) is 10.5 Å². The molecule has 4 nitrogen and oxygen atoms in total. The molecule has 0 fully saturated rings. The van der Waals surface area contributed by atoms with Gasteiger partial charge < -0.3 is 16.0 Å². The minimum Gasteiger partial charge on any atom is -0.338 e. The molecule has 1 aromatic rings. The van der Waals surface area contributed by atoms with Crippen LogP contribution in [0.5, 0.6) is 0 Å². The van der Waals surface area contributed by atoms with Crippen molar-refractivity contribution in [2.45, 2.75) is 6.92 Å². The van der Waals surface area contributed by atoms with Crippen molar-refractivity contribution in [3.8, 4) is 0 Å². The van der Waals surface area contributed by atoms with Crippen molar-refractivity contribution >= 4 is 34.9 Å². The van der Waals surface area contributed by atoms with E-state index >= 15 is 0 Å². The van der Waals surface area contributed by atoms with Gasteiger partial charge in [-0.3, -0.25) is 0 Å². The molecule has 1 aromatic carbocycles. The Bertz CT molecular complexity index is 412. The fraction of sp³-hybridized carbons (Fsp3) is 0.417. The molecule has 0 aromatic heterocycles. The molecule has 18 heavy (non-hydrogen) atoms. The molecule has 0 aliphatic heterocycles. The van der Waals surface area contributed by atoms with Crippen molar-refractivity contribution in [2.75, 3.05) is 25.5 Å². The highest BCUT2D eigenvalue weighted by Crippen LogP contribution is 2.24. The number of nitrogens with one attached hydrogen (secondary N) is 3. The van der Waals surface area contributed by atoms with Crippen LogP contribution in [0.25, 0.3) is 0 Å². The van der Waals surface area contributed by atoms with Gasteiger partial charge in [0, 0.05) is 12.2 Å². The molecule has 0 spiro atoms. The van der Waals surface area contributed by atoms with Crippen molar-refractivity contribution < 1.29 is 4.79 Å². The van der Waals surface area contributed by atoms with E-state index in [1.807, 2.05) is 7.05 Å². The lowest BCUT2D eigenvalue weighted by molar-refractivity contribution is 0.250. The molecular weight excluding hydrogens is 273 g/mol. The molecule has 100 valence electrons. The topological polar surface area (TPSA) is 53.2 Å². The lowest BCUT2D eigenvalue weighted by Crippen LogP contribution is -2.35. The van der Waals surface area contributed by atoms with Gasteiger partial charge in [0.15, 0.2) is 0 Å². The number of benzene rings is 1. The van der Waals surface area contributed by atoms with Gasteiger partial charge in [0.1, 0.15) is 0 Å². The normalized spacial score (nSPS) is 12.0. The molecule has 0 aliphatic carbocycles. The Hall–Kier alpha value is -0.970. The summed E-state index contributed by atoms with van der Waals surface area (Å²) in [5.41, 5.74) is 0.614. The smallest absolute Gasteiger partial charge is 0.319 e. The van der Waals surface area contributed by atoms with Gasteiger partial charge in [-0.25, -0.2) is 4.79 Å². The zero-order chi connectivity index (χ0) is 13.5. The first-order chi connectivity index (χ1) is 8.52. The fourth-order valence-corrected chi connectivity index (χ4v) is 1.73. The molecule has 3 N–H and O–H groups in total. The van der Waals surface area contributed by atoms with Gasteiger partial charge in [0.05, 0.1) is 10.0 Å². The van der Waals surface area contributed by atoms with Crippen molar-refractivity contribution in [1.82, 2.24) is 10.6 Å². The number of anilines is 1. The monoisotopic (exact) mass is 289 g/mol. The Labute approximate surface area is 117 Å². The van der Waals surface area contributed by atoms with E-state index in [2.05, 4.69) is 22.9 Å². The van der Waals surface area contributed by atoms with Gasteiger partial charge in [-0.2, -0.15) is 0 Å². The Balaban J connectivity index is 2.42. The molecule has 1 atom stereocenters. The van der Waals surface area contributed by atoms with E-state index < -0.39 is 0 Å². The first kappa shape index (κ1) is 15.1. The second-order valence-corrected chi connectivity index (χ2v) is 4.94. The van der Waals surface area contributed by atoms with E-state index in [1.54, 1.807) is 18.2 Å². The maximum Gasteiger partial charge on any atom is 0.319 e. The van der Waals surface area contributed by atoms with Crippen LogP contribution in [-0.4, -0.2) is 26.2 Å². The zero-order valence-corrected chi connectivity index (χ0v) is 11.9. The number of hydrogen-bond acceptors (Lipinski definition) is 2. The second kappa shape index (κ2) is 7.46. The average molecular weight is 290 g/mol. The summed E-state index contributed by atoms with van der Waals surface area (Å²) >= 11 is 11.6. The standard InChI is InChI=1S/C12H17Cl2N3O/c1-8(6-15-2)7-16-12(18)17-9-3-4-10(13)11(14)5-9/h3-5,8,15H,6-7H2,1-2H3,(H2,16,17,18). The summed E-state index contributed by atoms with van der Waals surface area (Å²) < 4.78 is 0. The lowest BCUT2D eigenvalue weighted by atomic mass is 10.2. The predicted molar refractivity (Wildman–Crippen MR) is 76.6 cm³/mol. The van der Waals surface area contributed by atoms with Crippen molar-refractivity contribution in [2.24, 2.45) is 5.92 Å². The number of halogens is 2. The van der Waals surface area contributed by atoms with Crippen LogP contribution in [-0.2, 0) is 0 Å². The van der Waals surface area contributed by atoms with Crippen LogP contribution in [0.1, 0.15) is 6.92 Å². The number of hydrogen-bond donors (Lipinski definition) is 3.